The van der Waals surface area contributed by atoms with E-state index in [1.54, 1.807) is 18.2 Å². The third-order valence-corrected chi connectivity index (χ3v) is 5.08. The number of hydrogen-bond donors (Lipinski definition) is 0. The van der Waals surface area contributed by atoms with Gasteiger partial charge < -0.3 is 9.32 Å². The van der Waals surface area contributed by atoms with Gasteiger partial charge in [0.25, 0.3) is 0 Å². The Morgan fingerprint density at radius 3 is 2.25 bits per heavy atom. The summed E-state index contributed by atoms with van der Waals surface area (Å²) in [6.07, 6.45) is -3.05. The van der Waals surface area contributed by atoms with Crippen molar-refractivity contribution >= 4 is 5.69 Å². The van der Waals surface area contributed by atoms with Crippen LogP contribution in [-0.2, 0) is 12.7 Å². The molecule has 6 heteroatoms. The lowest BCUT2D eigenvalue weighted by Crippen LogP contribution is -2.46. The second-order valence-electron chi connectivity index (χ2n) is 6.95. The van der Waals surface area contributed by atoms with E-state index >= 15 is 0 Å². The molecule has 0 radical (unpaired) electrons. The minimum atomic E-state index is -4.44. The van der Waals surface area contributed by atoms with Crippen LogP contribution < -0.4 is 4.90 Å². The van der Waals surface area contributed by atoms with E-state index in [1.165, 1.54) is 24.0 Å². The van der Waals surface area contributed by atoms with Crippen molar-refractivity contribution in [1.82, 2.24) is 4.90 Å². The van der Waals surface area contributed by atoms with Gasteiger partial charge in [0.15, 0.2) is 0 Å². The number of furan rings is 1. The lowest BCUT2D eigenvalue weighted by molar-refractivity contribution is -0.137. The fourth-order valence-corrected chi connectivity index (χ4v) is 3.62. The predicted octanol–water partition coefficient (Wildman–Crippen LogP) is 5.29. The summed E-state index contributed by atoms with van der Waals surface area (Å²) in [5.74, 6) is 0.228. The van der Waals surface area contributed by atoms with Crippen molar-refractivity contribution in [2.24, 2.45) is 0 Å². The number of alkyl halides is 3. The van der Waals surface area contributed by atoms with Crippen LogP contribution in [0.1, 0.15) is 11.1 Å². The molecule has 0 aliphatic carbocycles. The molecule has 1 saturated heterocycles. The third-order valence-electron chi connectivity index (χ3n) is 5.08. The van der Waals surface area contributed by atoms with Gasteiger partial charge in [-0.2, -0.15) is 13.2 Å². The van der Waals surface area contributed by atoms with E-state index in [9.17, 15) is 13.2 Å². The van der Waals surface area contributed by atoms with Crippen molar-refractivity contribution in [3.63, 3.8) is 0 Å². The monoisotopic (exact) mass is 386 g/mol. The Hall–Kier alpha value is -2.73. The van der Waals surface area contributed by atoms with E-state index in [-0.39, 0.29) is 11.3 Å². The molecule has 0 bridgehead atoms. The topological polar surface area (TPSA) is 19.6 Å². The zero-order chi connectivity index (χ0) is 19.6. The second kappa shape index (κ2) is 7.72. The quantitative estimate of drug-likeness (QED) is 0.608. The summed E-state index contributed by atoms with van der Waals surface area (Å²) >= 11 is 0. The van der Waals surface area contributed by atoms with Crippen molar-refractivity contribution in [3.05, 3.63) is 78.1 Å². The molecule has 1 aliphatic rings. The smallest absolute Gasteiger partial charge is 0.417 e. The molecular formula is C22H21F3N2O. The standard InChI is InChI=1S/C22H21F3N2O/c23-22(24,25)20-15-18(8-9-19(20)21-7-4-14-28-21)27-12-10-26(11-13-27)16-17-5-2-1-3-6-17/h1-9,14-15H,10-13,16H2. The summed E-state index contributed by atoms with van der Waals surface area (Å²) < 4.78 is 46.1. The number of hydrogen-bond acceptors (Lipinski definition) is 3. The number of benzene rings is 2. The lowest BCUT2D eigenvalue weighted by atomic mass is 10.0. The van der Waals surface area contributed by atoms with Gasteiger partial charge in [0.1, 0.15) is 5.76 Å². The number of rotatable bonds is 4. The van der Waals surface area contributed by atoms with Crippen molar-refractivity contribution in [2.75, 3.05) is 31.1 Å². The summed E-state index contributed by atoms with van der Waals surface area (Å²) in [7, 11) is 0. The summed E-state index contributed by atoms with van der Waals surface area (Å²) in [5, 5.41) is 0. The van der Waals surface area contributed by atoms with E-state index in [4.69, 9.17) is 4.42 Å². The fraction of sp³-hybridized carbons (Fsp3) is 0.273. The molecule has 1 aliphatic heterocycles. The van der Waals surface area contributed by atoms with Crippen LogP contribution in [0, 0.1) is 0 Å². The molecule has 0 unspecified atom stereocenters. The van der Waals surface area contributed by atoms with Crippen molar-refractivity contribution in [1.29, 1.82) is 0 Å². The highest BCUT2D eigenvalue weighted by molar-refractivity contribution is 5.67. The van der Waals surface area contributed by atoms with Crippen LogP contribution in [0.15, 0.2) is 71.3 Å². The van der Waals surface area contributed by atoms with Crippen LogP contribution in [0.4, 0.5) is 18.9 Å². The van der Waals surface area contributed by atoms with Crippen molar-refractivity contribution < 1.29 is 17.6 Å². The summed E-state index contributed by atoms with van der Waals surface area (Å²) in [6.45, 7) is 3.89. The Morgan fingerprint density at radius 2 is 1.61 bits per heavy atom. The molecule has 1 fully saturated rings. The first-order valence-corrected chi connectivity index (χ1v) is 9.27. The third kappa shape index (κ3) is 4.07. The van der Waals surface area contributed by atoms with Gasteiger partial charge in [-0.3, -0.25) is 4.90 Å². The Bertz CT molecular complexity index is 899. The first-order chi connectivity index (χ1) is 13.5. The number of halogens is 3. The molecule has 4 rings (SSSR count). The van der Waals surface area contributed by atoms with Gasteiger partial charge >= 0.3 is 6.18 Å². The van der Waals surface area contributed by atoms with E-state index < -0.39 is 11.7 Å². The molecule has 0 amide bonds. The van der Waals surface area contributed by atoms with Gasteiger partial charge in [0.05, 0.1) is 11.8 Å². The molecule has 1 aromatic heterocycles. The molecule has 0 saturated carbocycles. The number of anilines is 1. The maximum atomic E-state index is 13.6. The Morgan fingerprint density at radius 1 is 0.857 bits per heavy atom. The largest absolute Gasteiger partial charge is 0.464 e. The Balaban J connectivity index is 1.49. The van der Waals surface area contributed by atoms with Gasteiger partial charge in [-0.05, 0) is 35.9 Å². The zero-order valence-electron chi connectivity index (χ0n) is 15.3. The molecule has 3 aromatic rings. The lowest BCUT2D eigenvalue weighted by Gasteiger charge is -2.36. The van der Waals surface area contributed by atoms with Crippen LogP contribution in [0.25, 0.3) is 11.3 Å². The first-order valence-electron chi connectivity index (χ1n) is 9.27. The van der Waals surface area contributed by atoms with Gasteiger partial charge in [-0.25, -0.2) is 0 Å². The molecule has 0 atom stereocenters. The van der Waals surface area contributed by atoms with Crippen LogP contribution in [0.3, 0.4) is 0 Å². The molecule has 3 nitrogen and oxygen atoms in total. The van der Waals surface area contributed by atoms with Gasteiger partial charge in [0.2, 0.25) is 0 Å². The summed E-state index contributed by atoms with van der Waals surface area (Å²) in [6, 6.07) is 17.9. The Labute approximate surface area is 162 Å². The van der Waals surface area contributed by atoms with E-state index in [2.05, 4.69) is 17.0 Å². The summed E-state index contributed by atoms with van der Waals surface area (Å²) in [5.41, 5.74) is 1.26. The highest BCUT2D eigenvalue weighted by Gasteiger charge is 2.35. The zero-order valence-corrected chi connectivity index (χ0v) is 15.3. The van der Waals surface area contributed by atoms with Crippen LogP contribution in [-0.4, -0.2) is 31.1 Å². The highest BCUT2D eigenvalue weighted by Crippen LogP contribution is 2.39. The van der Waals surface area contributed by atoms with Crippen LogP contribution in [0.2, 0.25) is 0 Å². The van der Waals surface area contributed by atoms with Crippen molar-refractivity contribution in [2.45, 2.75) is 12.7 Å². The minimum absolute atomic E-state index is 0.0731. The van der Waals surface area contributed by atoms with Gasteiger partial charge in [-0.15, -0.1) is 0 Å². The molecule has 146 valence electrons. The maximum absolute atomic E-state index is 13.6. The molecule has 2 heterocycles. The molecule has 0 spiro atoms. The molecule has 0 N–H and O–H groups in total. The van der Waals surface area contributed by atoms with E-state index in [0.29, 0.717) is 18.8 Å². The van der Waals surface area contributed by atoms with Crippen LogP contribution in [0.5, 0.6) is 0 Å². The molecule has 2 aromatic carbocycles. The number of piperazine rings is 1. The molecular weight excluding hydrogens is 365 g/mol. The van der Waals surface area contributed by atoms with Gasteiger partial charge in [0, 0.05) is 44.0 Å². The highest BCUT2D eigenvalue weighted by atomic mass is 19.4. The molecule has 28 heavy (non-hydrogen) atoms. The normalized spacial score (nSPS) is 15.8. The average Bonchev–Trinajstić information content (AvgIpc) is 3.23. The minimum Gasteiger partial charge on any atom is -0.464 e. The van der Waals surface area contributed by atoms with Crippen LogP contribution >= 0.6 is 0 Å². The Kier molecular flexibility index (Phi) is 5.13. The SMILES string of the molecule is FC(F)(F)c1cc(N2CCN(Cc3ccccc3)CC2)ccc1-c1ccco1. The second-order valence-corrected chi connectivity index (χ2v) is 6.95. The maximum Gasteiger partial charge on any atom is 0.417 e. The van der Waals surface area contributed by atoms with E-state index in [0.717, 1.165) is 19.6 Å². The number of nitrogens with zero attached hydrogens (tertiary/aromatic N) is 2. The fourth-order valence-electron chi connectivity index (χ4n) is 3.62. The predicted molar refractivity (Wildman–Crippen MR) is 103 cm³/mol. The first kappa shape index (κ1) is 18.6. The van der Waals surface area contributed by atoms with E-state index in [1.807, 2.05) is 23.1 Å². The van der Waals surface area contributed by atoms with Gasteiger partial charge in [-0.1, -0.05) is 30.3 Å². The summed E-state index contributed by atoms with van der Waals surface area (Å²) in [4.78, 5) is 4.34. The average molecular weight is 386 g/mol. The van der Waals surface area contributed by atoms with Crippen molar-refractivity contribution in [3.8, 4) is 11.3 Å².